The molecule has 210 valence electrons. The second kappa shape index (κ2) is 9.96. The van der Waals surface area contributed by atoms with Crippen LogP contribution in [0.2, 0.25) is 10.0 Å². The molecular weight excluding hydrogens is 551 g/mol. The van der Waals surface area contributed by atoms with Gasteiger partial charge in [0.1, 0.15) is 17.0 Å². The zero-order valence-corrected chi connectivity index (χ0v) is 23.2. The van der Waals surface area contributed by atoms with E-state index in [0.29, 0.717) is 12.1 Å². The molecule has 2 aromatic rings. The molecule has 1 saturated carbocycles. The maximum absolute atomic E-state index is 15.8. The third-order valence-electron chi connectivity index (χ3n) is 8.14. The molecule has 5 rings (SSSR count). The number of nitrogens with one attached hydrogen (secondary N) is 3. The first-order chi connectivity index (χ1) is 18.2. The lowest BCUT2D eigenvalue weighted by Crippen LogP contribution is -2.49. The first-order valence-corrected chi connectivity index (χ1v) is 13.7. The summed E-state index contributed by atoms with van der Waals surface area (Å²) in [7, 11) is 0. The molecule has 11 heteroatoms. The zero-order valence-electron chi connectivity index (χ0n) is 21.7. The van der Waals surface area contributed by atoms with Gasteiger partial charge in [0.05, 0.1) is 28.3 Å². The molecule has 5 N–H and O–H groups in total. The number of hydrogen-bond acceptors (Lipinski definition) is 5. The number of anilines is 1. The summed E-state index contributed by atoms with van der Waals surface area (Å²) in [5.41, 5.74) is -1.32. The van der Waals surface area contributed by atoms with E-state index >= 15 is 4.39 Å². The Morgan fingerprint density at radius 1 is 1.13 bits per heavy atom. The van der Waals surface area contributed by atoms with Crippen LogP contribution >= 0.6 is 23.2 Å². The largest absolute Gasteiger partial charge is 0.390 e. The Morgan fingerprint density at radius 2 is 1.79 bits per heavy atom. The highest BCUT2D eigenvalue weighted by molar-refractivity contribution is 6.31. The molecule has 39 heavy (non-hydrogen) atoms. The average molecular weight is 582 g/mol. The predicted molar refractivity (Wildman–Crippen MR) is 144 cm³/mol. The van der Waals surface area contributed by atoms with Crippen LogP contribution in [0.1, 0.15) is 57.1 Å². The molecule has 1 aliphatic carbocycles. The van der Waals surface area contributed by atoms with E-state index in [-0.39, 0.29) is 39.4 Å². The molecule has 3 aliphatic rings. The number of aliphatic hydroxyl groups is 2. The predicted octanol–water partition coefficient (Wildman–Crippen LogP) is 4.02. The smallest absolute Gasteiger partial charge is 0.238 e. The molecule has 0 radical (unpaired) electrons. The molecule has 1 spiro atoms. The van der Waals surface area contributed by atoms with Gasteiger partial charge in [-0.3, -0.25) is 9.59 Å². The minimum Gasteiger partial charge on any atom is -0.390 e. The van der Waals surface area contributed by atoms with Gasteiger partial charge in [-0.2, -0.15) is 0 Å². The van der Waals surface area contributed by atoms with E-state index in [1.807, 2.05) is 20.8 Å². The van der Waals surface area contributed by atoms with Crippen molar-refractivity contribution in [3.63, 3.8) is 0 Å². The molecule has 0 unspecified atom stereocenters. The fourth-order valence-electron chi connectivity index (χ4n) is 6.57. The lowest BCUT2D eigenvalue weighted by atomic mass is 9.62. The fraction of sp³-hybridized carbons (Fsp3) is 0.500. The Kier molecular flexibility index (Phi) is 7.21. The van der Waals surface area contributed by atoms with Gasteiger partial charge in [-0.05, 0) is 54.0 Å². The number of halogens is 4. The summed E-state index contributed by atoms with van der Waals surface area (Å²) in [5.74, 6) is -3.68. The van der Waals surface area contributed by atoms with Crippen molar-refractivity contribution in [3.8, 4) is 0 Å². The minimum absolute atomic E-state index is 0.0383. The van der Waals surface area contributed by atoms with Crippen LogP contribution in [0.25, 0.3) is 0 Å². The Bertz CT molecular complexity index is 1330. The van der Waals surface area contributed by atoms with Crippen LogP contribution in [-0.4, -0.2) is 52.4 Å². The summed E-state index contributed by atoms with van der Waals surface area (Å²) < 4.78 is 30.7. The highest BCUT2D eigenvalue weighted by Gasteiger charge is 2.66. The van der Waals surface area contributed by atoms with Gasteiger partial charge >= 0.3 is 0 Å². The van der Waals surface area contributed by atoms with Gasteiger partial charge in [-0.15, -0.1) is 0 Å². The molecule has 2 amide bonds. The van der Waals surface area contributed by atoms with Crippen LogP contribution in [0.15, 0.2) is 30.3 Å². The summed E-state index contributed by atoms with van der Waals surface area (Å²) in [6, 6.07) is 4.55. The van der Waals surface area contributed by atoms with Gasteiger partial charge in [-0.1, -0.05) is 56.1 Å². The van der Waals surface area contributed by atoms with E-state index < -0.39 is 65.1 Å². The van der Waals surface area contributed by atoms with Crippen molar-refractivity contribution < 1.29 is 28.6 Å². The van der Waals surface area contributed by atoms with E-state index in [2.05, 4.69) is 16.0 Å². The highest BCUT2D eigenvalue weighted by atomic mass is 35.5. The first-order valence-electron chi connectivity index (χ1n) is 12.9. The van der Waals surface area contributed by atoms with Crippen LogP contribution in [0.5, 0.6) is 0 Å². The van der Waals surface area contributed by atoms with Crippen LogP contribution in [-0.2, 0) is 15.0 Å². The Balaban J connectivity index is 1.71. The number of amides is 2. The normalized spacial score (nSPS) is 32.0. The molecule has 1 saturated heterocycles. The Morgan fingerprint density at radius 3 is 2.44 bits per heavy atom. The van der Waals surface area contributed by atoms with Crippen LogP contribution in [0.4, 0.5) is 14.5 Å². The summed E-state index contributed by atoms with van der Waals surface area (Å²) in [5, 5.41) is 28.6. The van der Waals surface area contributed by atoms with Crippen molar-refractivity contribution in [2.24, 2.45) is 5.41 Å². The SMILES string of the molecule is CC(C)(C)C[C@H]1N[C@@H](C(=O)N[C@H]2C[C@@H](O)[C@@H](O)C2)[C@H](c2cccc(Cl)c2F)[C@@]12C(=O)Nc1cc(Cl)c(F)cc12. The number of aliphatic hydroxyl groups excluding tert-OH is 2. The quantitative estimate of drug-likeness (QED) is 0.374. The van der Waals surface area contributed by atoms with Gasteiger partial charge < -0.3 is 26.2 Å². The third kappa shape index (κ3) is 4.72. The van der Waals surface area contributed by atoms with Gasteiger partial charge in [0, 0.05) is 23.7 Å². The molecular formula is C28H31Cl2F2N3O4. The van der Waals surface area contributed by atoms with E-state index in [1.54, 1.807) is 6.07 Å². The van der Waals surface area contributed by atoms with Gasteiger partial charge in [0.15, 0.2) is 0 Å². The fourth-order valence-corrected chi connectivity index (χ4v) is 6.91. The average Bonchev–Trinajstić information content (AvgIpc) is 3.42. The molecule has 2 aliphatic heterocycles. The van der Waals surface area contributed by atoms with Crippen molar-refractivity contribution in [2.45, 2.75) is 81.7 Å². The topological polar surface area (TPSA) is 111 Å². The van der Waals surface area contributed by atoms with Crippen LogP contribution in [0, 0.1) is 17.0 Å². The van der Waals surface area contributed by atoms with Gasteiger partial charge in [0.25, 0.3) is 0 Å². The molecule has 0 bridgehead atoms. The monoisotopic (exact) mass is 581 g/mol. The molecule has 7 nitrogen and oxygen atoms in total. The molecule has 0 aromatic heterocycles. The Hall–Kier alpha value is -2.30. The summed E-state index contributed by atoms with van der Waals surface area (Å²) in [6.45, 7) is 5.92. The summed E-state index contributed by atoms with van der Waals surface area (Å²) >= 11 is 12.2. The molecule has 2 heterocycles. The zero-order chi connectivity index (χ0) is 28.4. The first kappa shape index (κ1) is 28.2. The van der Waals surface area contributed by atoms with Crippen LogP contribution in [0.3, 0.4) is 0 Å². The number of benzene rings is 2. The Labute approximate surface area is 235 Å². The van der Waals surface area contributed by atoms with Gasteiger partial charge in [-0.25, -0.2) is 8.78 Å². The maximum Gasteiger partial charge on any atom is 0.238 e. The van der Waals surface area contributed by atoms with Crippen molar-refractivity contribution >= 4 is 40.7 Å². The lowest BCUT2D eigenvalue weighted by molar-refractivity contribution is -0.124. The molecule has 7 atom stereocenters. The number of carbonyl (C=O) groups is 2. The number of rotatable bonds is 4. The van der Waals surface area contributed by atoms with Crippen molar-refractivity contribution in [1.82, 2.24) is 10.6 Å². The van der Waals surface area contributed by atoms with Gasteiger partial charge in [0.2, 0.25) is 11.8 Å². The highest BCUT2D eigenvalue weighted by Crippen LogP contribution is 2.57. The number of fused-ring (bicyclic) bond motifs is 2. The minimum atomic E-state index is -1.59. The second-order valence-corrected chi connectivity index (χ2v) is 12.8. The van der Waals surface area contributed by atoms with E-state index in [4.69, 9.17) is 23.2 Å². The van der Waals surface area contributed by atoms with E-state index in [9.17, 15) is 24.2 Å². The lowest BCUT2D eigenvalue weighted by Gasteiger charge is -2.37. The number of carbonyl (C=O) groups excluding carboxylic acids is 2. The summed E-state index contributed by atoms with van der Waals surface area (Å²) in [6.07, 6.45) is -1.27. The number of hydrogen-bond donors (Lipinski definition) is 5. The molecule has 2 fully saturated rings. The van der Waals surface area contributed by atoms with E-state index in [0.717, 1.165) is 0 Å². The van der Waals surface area contributed by atoms with E-state index in [1.165, 1.54) is 24.3 Å². The second-order valence-electron chi connectivity index (χ2n) is 12.0. The third-order valence-corrected chi connectivity index (χ3v) is 8.72. The van der Waals surface area contributed by atoms with Crippen molar-refractivity contribution in [3.05, 3.63) is 63.1 Å². The standard InChI is InChI=1S/C28H31Cl2F2N3O4/c1-27(2,3)11-21-28(14-9-17(31)16(30)10-18(14)34-26(28)39)22(13-5-4-6-15(29)23(13)32)24(35-21)25(38)33-12-7-19(36)20(37)8-12/h4-6,9-10,12,19-22,24,35-37H,7-8,11H2,1-3H3,(H,33,38)(H,34,39)/t12-,19+,20-,21-,22+,24-,28+/m1/s1. The van der Waals surface area contributed by atoms with Crippen molar-refractivity contribution in [1.29, 1.82) is 0 Å². The van der Waals surface area contributed by atoms with Crippen molar-refractivity contribution in [2.75, 3.05) is 5.32 Å². The summed E-state index contributed by atoms with van der Waals surface area (Å²) in [4.78, 5) is 27.9. The van der Waals surface area contributed by atoms with Crippen LogP contribution < -0.4 is 16.0 Å². The molecule has 2 aromatic carbocycles. The maximum atomic E-state index is 15.8.